The van der Waals surface area contributed by atoms with Gasteiger partial charge in [0, 0.05) is 12.3 Å². The number of aliphatic hydroxyl groups is 4. The van der Waals surface area contributed by atoms with Crippen molar-refractivity contribution in [3.63, 3.8) is 0 Å². The average Bonchev–Trinajstić information content (AvgIpc) is 2.94. The van der Waals surface area contributed by atoms with Gasteiger partial charge >= 0.3 is 0 Å². The van der Waals surface area contributed by atoms with E-state index in [1.54, 1.807) is 4.90 Å². The Morgan fingerprint density at radius 3 is 2.41 bits per heavy atom. The third-order valence-corrected chi connectivity index (χ3v) is 5.51. The van der Waals surface area contributed by atoms with Gasteiger partial charge in [-0.15, -0.1) is 0 Å². The van der Waals surface area contributed by atoms with E-state index in [1.165, 1.54) is 37.4 Å². The maximum Gasteiger partial charge on any atom is 0.161 e. The van der Waals surface area contributed by atoms with Crippen LogP contribution in [0.4, 0.5) is 0 Å². The Morgan fingerprint density at radius 1 is 1.00 bits per heavy atom. The molecule has 0 radical (unpaired) electrons. The zero-order valence-corrected chi connectivity index (χ0v) is 14.0. The van der Waals surface area contributed by atoms with E-state index in [9.17, 15) is 20.4 Å². The molecule has 0 aliphatic carbocycles. The van der Waals surface area contributed by atoms with E-state index in [4.69, 9.17) is 0 Å². The van der Waals surface area contributed by atoms with Crippen molar-refractivity contribution in [3.05, 3.63) is 0 Å². The highest BCUT2D eigenvalue weighted by Crippen LogP contribution is 2.34. The minimum absolute atomic E-state index is 0.387. The number of amidine groups is 1. The highest BCUT2D eigenvalue weighted by atomic mass is 32.2. The number of unbranched alkanes of at least 4 members (excludes halogenated alkanes) is 5. The van der Waals surface area contributed by atoms with Gasteiger partial charge in [0.15, 0.2) is 11.4 Å². The van der Waals surface area contributed by atoms with Crippen LogP contribution in [0.5, 0.6) is 0 Å². The third-order valence-electron chi connectivity index (χ3n) is 4.40. The van der Waals surface area contributed by atoms with Crippen molar-refractivity contribution in [1.29, 1.82) is 0 Å². The number of fused-ring (bicyclic) bond motifs is 1. The molecule has 0 bridgehead atoms. The molecule has 0 amide bonds. The molecule has 2 saturated heterocycles. The van der Waals surface area contributed by atoms with Gasteiger partial charge in [-0.1, -0.05) is 50.8 Å². The Bertz CT molecular complexity index is 383. The molecule has 0 aromatic rings. The lowest BCUT2D eigenvalue weighted by molar-refractivity contribution is -0.190. The summed E-state index contributed by atoms with van der Waals surface area (Å²) in [7, 11) is 0. The molecule has 2 aliphatic heterocycles. The second kappa shape index (κ2) is 8.49. The standard InChI is InChI=1S/C15H28N2O4S/c1-2-3-4-5-6-7-8-16-15-17-10(9-22-15)11(18)12(19)13(20)14(17)21/h10-14,18-21H,2-9H2,1H3/b16-15+/t10-,11-,12+,13-,14-/m1/s1. The van der Waals surface area contributed by atoms with Gasteiger partial charge in [0.2, 0.25) is 0 Å². The van der Waals surface area contributed by atoms with Gasteiger partial charge < -0.3 is 25.3 Å². The lowest BCUT2D eigenvalue weighted by Gasteiger charge is -2.44. The predicted octanol–water partition coefficient (Wildman–Crippen LogP) is 0.535. The second-order valence-electron chi connectivity index (χ2n) is 6.10. The van der Waals surface area contributed by atoms with E-state index in [1.807, 2.05) is 0 Å². The number of hydrogen-bond acceptors (Lipinski definition) is 6. The van der Waals surface area contributed by atoms with Crippen LogP contribution in [0.2, 0.25) is 0 Å². The van der Waals surface area contributed by atoms with Crippen LogP contribution in [0.25, 0.3) is 0 Å². The van der Waals surface area contributed by atoms with E-state index < -0.39 is 24.5 Å². The van der Waals surface area contributed by atoms with E-state index >= 15 is 0 Å². The molecule has 2 fully saturated rings. The Hall–Kier alpha value is -0.340. The molecule has 2 aliphatic rings. The fourth-order valence-corrected chi connectivity index (χ4v) is 4.25. The summed E-state index contributed by atoms with van der Waals surface area (Å²) in [5.74, 6) is 0.567. The molecule has 6 nitrogen and oxygen atoms in total. The fourth-order valence-electron chi connectivity index (χ4n) is 2.99. The Morgan fingerprint density at radius 2 is 1.68 bits per heavy atom. The van der Waals surface area contributed by atoms with Gasteiger partial charge in [-0.2, -0.15) is 0 Å². The number of thioether (sulfide) groups is 1. The van der Waals surface area contributed by atoms with Crippen LogP contribution in [-0.4, -0.2) is 73.4 Å². The molecule has 2 heterocycles. The molecule has 0 saturated carbocycles. The lowest BCUT2D eigenvalue weighted by atomic mass is 9.94. The van der Waals surface area contributed by atoms with E-state index in [2.05, 4.69) is 11.9 Å². The summed E-state index contributed by atoms with van der Waals surface area (Å²) in [4.78, 5) is 6.07. The van der Waals surface area contributed by atoms with Gasteiger partial charge in [-0.05, 0) is 6.42 Å². The first-order valence-electron chi connectivity index (χ1n) is 8.25. The van der Waals surface area contributed by atoms with E-state index in [0.29, 0.717) is 17.5 Å². The Balaban J connectivity index is 1.84. The normalized spacial score (nSPS) is 36.9. The van der Waals surface area contributed by atoms with Gasteiger partial charge in [-0.3, -0.25) is 4.99 Å². The maximum absolute atomic E-state index is 10.1. The highest BCUT2D eigenvalue weighted by Gasteiger charge is 2.51. The molecule has 5 atom stereocenters. The molecule has 0 aromatic heterocycles. The zero-order chi connectivity index (χ0) is 16.1. The Labute approximate surface area is 136 Å². The molecule has 0 aromatic carbocycles. The van der Waals surface area contributed by atoms with Crippen LogP contribution in [0.15, 0.2) is 4.99 Å². The van der Waals surface area contributed by atoms with Crippen molar-refractivity contribution in [3.8, 4) is 0 Å². The van der Waals surface area contributed by atoms with Crippen LogP contribution in [0.1, 0.15) is 45.4 Å². The zero-order valence-electron chi connectivity index (χ0n) is 13.1. The van der Waals surface area contributed by atoms with Crippen molar-refractivity contribution in [1.82, 2.24) is 4.90 Å². The average molecular weight is 332 g/mol. The van der Waals surface area contributed by atoms with Crippen molar-refractivity contribution >= 4 is 16.9 Å². The van der Waals surface area contributed by atoms with Crippen molar-refractivity contribution in [2.24, 2.45) is 4.99 Å². The van der Waals surface area contributed by atoms with E-state index in [0.717, 1.165) is 12.8 Å². The number of rotatable bonds is 7. The summed E-state index contributed by atoms with van der Waals surface area (Å²) in [5, 5.41) is 40.3. The molecule has 128 valence electrons. The summed E-state index contributed by atoms with van der Waals surface area (Å²) in [6.07, 6.45) is 2.23. The van der Waals surface area contributed by atoms with Gasteiger partial charge in [0.05, 0.1) is 6.04 Å². The SMILES string of the molecule is CCCCCCCC/N=C1/SC[C@@H]2[C@@H](O)[C@H](O)[C@@H](O)[C@@H](O)N12. The first-order valence-corrected chi connectivity index (χ1v) is 9.24. The predicted molar refractivity (Wildman–Crippen MR) is 87.8 cm³/mol. The smallest absolute Gasteiger partial charge is 0.161 e. The quantitative estimate of drug-likeness (QED) is 0.508. The number of aliphatic imine (C=N–C) groups is 1. The molecule has 0 unspecified atom stereocenters. The van der Waals surface area contributed by atoms with E-state index in [-0.39, 0.29) is 6.04 Å². The molecular weight excluding hydrogens is 304 g/mol. The molecule has 0 spiro atoms. The van der Waals surface area contributed by atoms with Crippen molar-refractivity contribution in [2.75, 3.05) is 12.3 Å². The molecule has 22 heavy (non-hydrogen) atoms. The molecule has 7 heteroatoms. The summed E-state index contributed by atoms with van der Waals surface area (Å²) in [5.41, 5.74) is 0. The summed E-state index contributed by atoms with van der Waals surface area (Å²) in [6.45, 7) is 2.89. The monoisotopic (exact) mass is 332 g/mol. The van der Waals surface area contributed by atoms with Gasteiger partial charge in [0.25, 0.3) is 0 Å². The van der Waals surface area contributed by atoms with Crippen LogP contribution in [0.3, 0.4) is 0 Å². The fraction of sp³-hybridized carbons (Fsp3) is 0.933. The first-order chi connectivity index (χ1) is 10.6. The van der Waals surface area contributed by atoms with Gasteiger partial charge in [0.1, 0.15) is 18.3 Å². The summed E-state index contributed by atoms with van der Waals surface area (Å²) in [6, 6.07) is -0.387. The van der Waals surface area contributed by atoms with Crippen LogP contribution in [0, 0.1) is 0 Å². The molecular formula is C15H28N2O4S. The van der Waals surface area contributed by atoms with Crippen molar-refractivity contribution in [2.45, 2.75) is 76.0 Å². The minimum atomic E-state index is -1.37. The summed E-state index contributed by atoms with van der Waals surface area (Å²) >= 11 is 1.46. The summed E-state index contributed by atoms with van der Waals surface area (Å²) < 4.78 is 0. The molecule has 2 rings (SSSR count). The van der Waals surface area contributed by atoms with Crippen LogP contribution >= 0.6 is 11.8 Å². The number of piperidine rings is 1. The minimum Gasteiger partial charge on any atom is -0.388 e. The van der Waals surface area contributed by atoms with Crippen LogP contribution in [-0.2, 0) is 0 Å². The van der Waals surface area contributed by atoms with Crippen molar-refractivity contribution < 1.29 is 20.4 Å². The first kappa shape index (κ1) is 18.0. The Kier molecular flexibility index (Phi) is 6.95. The van der Waals surface area contributed by atoms with Gasteiger partial charge in [-0.25, -0.2) is 0 Å². The largest absolute Gasteiger partial charge is 0.388 e. The number of aliphatic hydroxyl groups excluding tert-OH is 4. The second-order valence-corrected chi connectivity index (χ2v) is 7.09. The lowest BCUT2D eigenvalue weighted by Crippen LogP contribution is -2.65. The maximum atomic E-state index is 10.1. The van der Waals surface area contributed by atoms with Crippen LogP contribution < -0.4 is 0 Å². The number of hydrogen-bond donors (Lipinski definition) is 4. The highest BCUT2D eigenvalue weighted by molar-refractivity contribution is 8.14. The topological polar surface area (TPSA) is 96.5 Å². The molecule has 4 N–H and O–H groups in total. The third kappa shape index (κ3) is 3.94. The number of nitrogens with zero attached hydrogens (tertiary/aromatic N) is 2.